The molecule has 0 saturated carbocycles. The summed E-state index contributed by atoms with van der Waals surface area (Å²) in [5.41, 5.74) is 8.82. The van der Waals surface area contributed by atoms with Crippen molar-refractivity contribution in [2.75, 3.05) is 83.1 Å². The van der Waals surface area contributed by atoms with Gasteiger partial charge in [0.05, 0.1) is 74.7 Å². The van der Waals surface area contributed by atoms with Gasteiger partial charge in [0.2, 0.25) is 0 Å². The van der Waals surface area contributed by atoms with Gasteiger partial charge in [-0.2, -0.15) is 0 Å². The number of ether oxygens (including phenoxy) is 4. The van der Waals surface area contributed by atoms with Crippen molar-refractivity contribution >= 4 is 79.4 Å². The van der Waals surface area contributed by atoms with Gasteiger partial charge in [0.15, 0.2) is 5.75 Å². The minimum atomic E-state index is -0.545. The molecule has 6 aromatic rings. The van der Waals surface area contributed by atoms with Crippen LogP contribution < -0.4 is 25.8 Å². The zero-order valence-corrected chi connectivity index (χ0v) is 40.6. The van der Waals surface area contributed by atoms with Gasteiger partial charge in [-0.3, -0.25) is 10.1 Å². The maximum Gasteiger partial charge on any atom is 0.311 e. The molecule has 0 amide bonds. The summed E-state index contributed by atoms with van der Waals surface area (Å²) in [5.74, 6) is 1.12. The van der Waals surface area contributed by atoms with Crippen LogP contribution in [0.2, 0.25) is 10.0 Å². The number of rotatable bonds is 11. The van der Waals surface area contributed by atoms with Crippen LogP contribution in [0.1, 0.15) is 38.5 Å². The molecule has 4 N–H and O–H groups in total. The molecule has 21 heteroatoms. The van der Waals surface area contributed by atoms with Gasteiger partial charge in [0.25, 0.3) is 0 Å². The molecule has 10 rings (SSSR count). The van der Waals surface area contributed by atoms with Crippen molar-refractivity contribution in [2.24, 2.45) is 11.8 Å². The molecular formula is C48H52Cl2F2FeN10O6. The summed E-state index contributed by atoms with van der Waals surface area (Å²) >= 11 is 11.8. The maximum atomic E-state index is 13.5. The minimum absolute atomic E-state index is 0. The Morgan fingerprint density at radius 2 is 1.17 bits per heavy atom. The summed E-state index contributed by atoms with van der Waals surface area (Å²) in [7, 11) is 4.27. The number of likely N-dealkylation sites (tertiary alicyclic amines) is 2. The number of hydrogen-bond donors (Lipinski definition) is 3. The molecule has 4 aliphatic heterocycles. The van der Waals surface area contributed by atoms with Gasteiger partial charge in [-0.05, 0) is 95.1 Å². The Balaban J connectivity index is 0.000000184. The van der Waals surface area contributed by atoms with Gasteiger partial charge < -0.3 is 45.1 Å². The van der Waals surface area contributed by atoms with Crippen molar-refractivity contribution in [1.29, 1.82) is 0 Å². The maximum absolute atomic E-state index is 13.5. The third-order valence-corrected chi connectivity index (χ3v) is 13.9. The Labute approximate surface area is 418 Å². The Bertz CT molecular complexity index is 2820. The van der Waals surface area contributed by atoms with Crippen LogP contribution in [0.3, 0.4) is 0 Å². The first-order valence-electron chi connectivity index (χ1n) is 22.5. The number of fused-ring (bicyclic) bond motifs is 2. The number of nitro benzene ring substituents is 1. The number of nitrogens with two attached hydrogens (primary N) is 1. The number of nitrogens with one attached hydrogen (secondary N) is 2. The van der Waals surface area contributed by atoms with E-state index in [1.54, 1.807) is 18.2 Å². The van der Waals surface area contributed by atoms with Crippen LogP contribution in [0.15, 0.2) is 73.3 Å². The number of piperidine rings is 2. The van der Waals surface area contributed by atoms with Gasteiger partial charge in [-0.15, -0.1) is 0 Å². The van der Waals surface area contributed by atoms with Crippen LogP contribution >= 0.6 is 23.2 Å². The van der Waals surface area contributed by atoms with Crippen molar-refractivity contribution in [2.45, 2.75) is 49.7 Å². The number of halogens is 4. The van der Waals surface area contributed by atoms with Gasteiger partial charge in [-0.1, -0.05) is 23.2 Å². The predicted molar refractivity (Wildman–Crippen MR) is 258 cm³/mol. The molecule has 2 atom stereocenters. The largest absolute Gasteiger partial charge is 0.491 e. The summed E-state index contributed by atoms with van der Waals surface area (Å²) in [6.45, 7) is 6.34. The average Bonchev–Trinajstić information content (AvgIpc) is 3.93. The summed E-state index contributed by atoms with van der Waals surface area (Å²) in [6, 6.07) is 15.1. The monoisotopic (exact) mass is 1030 g/mol. The van der Waals surface area contributed by atoms with E-state index in [0.717, 1.165) is 70.1 Å². The van der Waals surface area contributed by atoms with E-state index in [-0.39, 0.29) is 55.7 Å². The van der Waals surface area contributed by atoms with Gasteiger partial charge in [0.1, 0.15) is 41.7 Å². The van der Waals surface area contributed by atoms with Crippen LogP contribution in [-0.2, 0) is 26.5 Å². The van der Waals surface area contributed by atoms with Crippen molar-refractivity contribution in [3.8, 4) is 11.5 Å². The zero-order chi connectivity index (χ0) is 47.6. The molecule has 69 heavy (non-hydrogen) atoms. The molecule has 16 nitrogen and oxygen atoms in total. The molecule has 4 saturated heterocycles. The molecule has 2 aromatic heterocycles. The van der Waals surface area contributed by atoms with Crippen molar-refractivity contribution in [3.63, 3.8) is 0 Å². The summed E-state index contributed by atoms with van der Waals surface area (Å²) in [6.07, 6.45) is 8.84. The summed E-state index contributed by atoms with van der Waals surface area (Å²) in [5, 5.41) is 19.2. The van der Waals surface area contributed by atoms with Gasteiger partial charge in [-0.25, -0.2) is 28.7 Å². The second kappa shape index (κ2) is 21.4. The van der Waals surface area contributed by atoms with Crippen LogP contribution in [0, 0.1) is 33.6 Å². The number of benzene rings is 4. The van der Waals surface area contributed by atoms with Gasteiger partial charge >= 0.3 is 5.69 Å². The van der Waals surface area contributed by atoms with Crippen LogP contribution in [0.4, 0.5) is 43.2 Å². The molecular weight excluding hydrogens is 977 g/mol. The zero-order valence-electron chi connectivity index (χ0n) is 38.0. The number of anilines is 5. The van der Waals surface area contributed by atoms with Crippen LogP contribution in [0.25, 0.3) is 21.8 Å². The molecule has 4 aromatic carbocycles. The fourth-order valence-electron chi connectivity index (χ4n) is 9.43. The van der Waals surface area contributed by atoms with Crippen LogP contribution in [-0.4, -0.2) is 113 Å². The Morgan fingerprint density at radius 3 is 1.64 bits per heavy atom. The van der Waals surface area contributed by atoms with E-state index in [2.05, 4.69) is 54.5 Å². The molecule has 366 valence electrons. The number of nitrogen functional groups attached to an aromatic ring is 1. The fourth-order valence-corrected chi connectivity index (χ4v) is 9.79. The van der Waals surface area contributed by atoms with Crippen LogP contribution in [0.5, 0.6) is 11.5 Å². The molecule has 2 spiro atoms. The summed E-state index contributed by atoms with van der Waals surface area (Å²) < 4.78 is 51.4. The number of aromatic nitrogens is 4. The third-order valence-electron chi connectivity index (χ3n) is 13.4. The third kappa shape index (κ3) is 11.7. The first kappa shape index (κ1) is 50.2. The normalized spacial score (nSPS) is 19.8. The second-order valence-corrected chi connectivity index (χ2v) is 19.1. The Hall–Kier alpha value is -5.24. The quantitative estimate of drug-likeness (QED) is 0.0481. The molecule has 0 aliphatic carbocycles. The molecule has 6 heterocycles. The van der Waals surface area contributed by atoms with E-state index >= 15 is 0 Å². The topological polar surface area (TPSA) is 188 Å². The van der Waals surface area contributed by atoms with Crippen molar-refractivity contribution < 1.29 is 49.7 Å². The number of nitrogens with zero attached hydrogens (tertiary/aromatic N) is 7. The first-order valence-corrected chi connectivity index (χ1v) is 23.3. The smallest absolute Gasteiger partial charge is 0.311 e. The molecule has 0 bridgehead atoms. The van der Waals surface area contributed by atoms with E-state index in [1.807, 2.05) is 6.07 Å². The molecule has 2 unspecified atom stereocenters. The van der Waals surface area contributed by atoms with E-state index in [9.17, 15) is 18.9 Å². The van der Waals surface area contributed by atoms with E-state index in [0.29, 0.717) is 83.2 Å². The second-order valence-electron chi connectivity index (χ2n) is 18.3. The summed E-state index contributed by atoms with van der Waals surface area (Å²) in [4.78, 5) is 33.2. The molecule has 4 aliphatic rings. The van der Waals surface area contributed by atoms with Crippen molar-refractivity contribution in [3.05, 3.63) is 105 Å². The SMILES string of the molecule is CN1CCC2(CC1)CC(COc1cc3ncnc(Nc4ccc(F)c(Cl)c4)c3cc1N)CO2.CN1CCC2(CC1)CC(COc1cc3ncnc(Nc4ccc(F)c(Cl)c4)c3cc1[N+](=O)[O-])CO2.[Fe]. The van der Waals surface area contributed by atoms with E-state index < -0.39 is 16.6 Å². The fraction of sp³-hybridized carbons (Fsp3) is 0.417. The standard InChI is InChI=1S/C24H25ClFN5O4.C24H27ClFN5O2.Fe/c1-30-6-4-24(5-7-30)11-15(13-35-24)12-34-22-10-20-17(9-21(22)31(32)33)23(28-14-27-20)29-16-2-3-19(26)18(25)8-16;1-31-6-4-24(5-7-31)11-15(13-33-24)12-32-22-10-21-17(9-20(22)27)23(29-14-28-21)30-16-2-3-19(26)18(25)8-16;/h2-3,8-10,14-15H,4-7,11-13H2,1H3,(H,27,28,29);2-3,8-10,14-15H,4-7,11-13,27H2,1H3,(H,28,29,30);. The number of nitro groups is 1. The Kier molecular flexibility index (Phi) is 15.6. The van der Waals surface area contributed by atoms with E-state index in [1.165, 1.54) is 49.1 Å². The minimum Gasteiger partial charge on any atom is -0.491 e. The van der Waals surface area contributed by atoms with Gasteiger partial charge in [0, 0.05) is 90.0 Å². The predicted octanol–water partition coefficient (Wildman–Crippen LogP) is 9.58. The first-order chi connectivity index (χ1) is 32.7. The average molecular weight is 1030 g/mol. The van der Waals surface area contributed by atoms with E-state index in [4.69, 9.17) is 47.9 Å². The molecule has 4 fully saturated rings. The number of hydrogen-bond acceptors (Lipinski definition) is 15. The van der Waals surface area contributed by atoms with Crippen molar-refractivity contribution in [1.82, 2.24) is 29.7 Å². The Morgan fingerprint density at radius 1 is 0.725 bits per heavy atom. The molecule has 0 radical (unpaired) electrons.